The number of nitrogens with zero attached hydrogens (tertiary/aromatic N) is 3. The van der Waals surface area contributed by atoms with Gasteiger partial charge in [0.25, 0.3) is 0 Å². The van der Waals surface area contributed by atoms with Crippen LogP contribution < -0.4 is 10.5 Å². The number of hydrogen-bond donors (Lipinski definition) is 3. The Morgan fingerprint density at radius 1 is 0.816 bits per heavy atom. The molecule has 0 fully saturated rings. The first-order valence-electron chi connectivity index (χ1n) is 10.9. The molecule has 1 amide bonds. The van der Waals surface area contributed by atoms with E-state index in [1.54, 1.807) is 19.9 Å². The highest BCUT2D eigenvalue weighted by Gasteiger charge is 2.17. The molecule has 2 heterocycles. The van der Waals surface area contributed by atoms with Gasteiger partial charge in [-0.1, -0.05) is 0 Å². The number of nitrogens with one attached hydrogen (secondary N) is 1. The van der Waals surface area contributed by atoms with Gasteiger partial charge in [0.05, 0.1) is 30.9 Å². The fourth-order valence-electron chi connectivity index (χ4n) is 3.39. The Labute approximate surface area is 214 Å². The van der Waals surface area contributed by atoms with E-state index in [0.717, 1.165) is 25.3 Å². The number of carbonyl (C=O) groups is 1. The van der Waals surface area contributed by atoms with Gasteiger partial charge in [-0.2, -0.15) is 5.06 Å². The van der Waals surface area contributed by atoms with Crippen LogP contribution in [0.5, 0.6) is 0 Å². The molecule has 3 N–H and O–H groups in total. The van der Waals surface area contributed by atoms with Crippen molar-refractivity contribution in [3.05, 3.63) is 95.6 Å². The number of pyridine rings is 2. The van der Waals surface area contributed by atoms with Crippen LogP contribution in [0.4, 0.5) is 33.7 Å². The molecule has 4 rings (SSSR count). The summed E-state index contributed by atoms with van der Waals surface area (Å²) in [6.45, 7) is 3.33. The Kier molecular flexibility index (Phi) is 8.94. The van der Waals surface area contributed by atoms with E-state index in [-0.39, 0.29) is 21.9 Å². The number of rotatable bonds is 4. The second-order valence-corrected chi connectivity index (χ2v) is 7.83. The van der Waals surface area contributed by atoms with Gasteiger partial charge in [-0.05, 0) is 50.2 Å². The molecule has 0 atom stereocenters. The van der Waals surface area contributed by atoms with Gasteiger partial charge in [0, 0.05) is 45.8 Å². The molecular weight excluding hydrogens is 508 g/mol. The molecule has 0 bridgehead atoms. The molecule has 0 spiro atoms. The number of benzene rings is 2. The number of halogens is 4. The van der Waals surface area contributed by atoms with E-state index in [9.17, 15) is 27.6 Å². The van der Waals surface area contributed by atoms with Crippen LogP contribution in [0.25, 0.3) is 22.3 Å². The first-order valence-corrected chi connectivity index (χ1v) is 10.9. The number of aryl methyl sites for hydroxylation is 2. The molecule has 2 aromatic carbocycles. The maximum absolute atomic E-state index is 13.8. The summed E-state index contributed by atoms with van der Waals surface area (Å²) in [4.78, 5) is 19.3. The first-order chi connectivity index (χ1) is 18.0. The average molecular weight is 530 g/mol. The van der Waals surface area contributed by atoms with E-state index in [1.807, 2.05) is 5.48 Å². The third kappa shape index (κ3) is 6.41. The van der Waals surface area contributed by atoms with Crippen molar-refractivity contribution in [2.45, 2.75) is 13.8 Å². The Morgan fingerprint density at radius 2 is 1.32 bits per heavy atom. The standard InChI is InChI=1S/C14H12F2N2O3.C12H10F2N2O/c1-8-12(11-4-3-9(15)5-13(11)16)6-10(7-17-8)18(20)14(19)21-2;1-7-11(5-9(16-17)6-15-7)10-3-2-8(13)4-12(10)14/h3-7,20H,1-2H3;2-6,16-17H,1H3. The minimum absolute atomic E-state index is 0.00572. The smallest absolute Gasteiger partial charge is 0.438 e. The lowest BCUT2D eigenvalue weighted by Gasteiger charge is -2.15. The molecular formula is C26H22F4N4O4. The lowest BCUT2D eigenvalue weighted by atomic mass is 10.0. The highest BCUT2D eigenvalue weighted by molar-refractivity contribution is 5.86. The van der Waals surface area contributed by atoms with Gasteiger partial charge in [0.15, 0.2) is 0 Å². The summed E-state index contributed by atoms with van der Waals surface area (Å²) in [5.41, 5.74) is 4.52. The van der Waals surface area contributed by atoms with Crippen molar-refractivity contribution in [1.82, 2.24) is 9.97 Å². The molecule has 12 heteroatoms. The largest absolute Gasteiger partial charge is 0.451 e. The van der Waals surface area contributed by atoms with Gasteiger partial charge in [-0.15, -0.1) is 0 Å². The molecule has 8 nitrogen and oxygen atoms in total. The Morgan fingerprint density at radius 3 is 1.79 bits per heavy atom. The highest BCUT2D eigenvalue weighted by atomic mass is 19.1. The zero-order chi connectivity index (χ0) is 28.0. The summed E-state index contributed by atoms with van der Waals surface area (Å²) in [5, 5.41) is 18.6. The molecule has 0 saturated heterocycles. The SMILES string of the molecule is COC(=O)N(O)c1cnc(C)c(-c2ccc(F)cc2F)c1.Cc1ncc(NO)cc1-c1ccc(F)cc1F. The van der Waals surface area contributed by atoms with Crippen LogP contribution in [0, 0.1) is 37.1 Å². The molecule has 0 aliphatic carbocycles. The molecule has 0 aliphatic heterocycles. The number of methoxy groups -OCH3 is 1. The van der Waals surface area contributed by atoms with Gasteiger partial charge in [0.1, 0.15) is 23.3 Å². The van der Waals surface area contributed by atoms with Crippen LogP contribution >= 0.6 is 0 Å². The van der Waals surface area contributed by atoms with Crippen molar-refractivity contribution in [2.75, 3.05) is 17.7 Å². The summed E-state index contributed by atoms with van der Waals surface area (Å²) < 4.78 is 57.6. The molecule has 2 aromatic heterocycles. The quantitative estimate of drug-likeness (QED) is 0.158. The number of ether oxygens (including phenoxy) is 1. The summed E-state index contributed by atoms with van der Waals surface area (Å²) in [7, 11) is 1.10. The maximum atomic E-state index is 13.8. The number of anilines is 2. The van der Waals surface area contributed by atoms with Gasteiger partial charge in [-0.3, -0.25) is 25.9 Å². The minimum atomic E-state index is -1.01. The molecule has 4 aromatic rings. The van der Waals surface area contributed by atoms with E-state index in [2.05, 4.69) is 14.7 Å². The fourth-order valence-corrected chi connectivity index (χ4v) is 3.39. The van der Waals surface area contributed by atoms with Crippen molar-refractivity contribution in [2.24, 2.45) is 0 Å². The fraction of sp³-hybridized carbons (Fsp3) is 0.115. The number of amides is 1. The van der Waals surface area contributed by atoms with Crippen molar-refractivity contribution in [3.8, 4) is 22.3 Å². The van der Waals surface area contributed by atoms with Crippen molar-refractivity contribution < 1.29 is 37.5 Å². The monoisotopic (exact) mass is 530 g/mol. The third-order valence-electron chi connectivity index (χ3n) is 5.32. The Hall–Kier alpha value is -4.55. The first kappa shape index (κ1) is 28.0. The van der Waals surface area contributed by atoms with Gasteiger partial charge in [-0.25, -0.2) is 22.4 Å². The normalized spacial score (nSPS) is 10.3. The average Bonchev–Trinajstić information content (AvgIpc) is 2.89. The summed E-state index contributed by atoms with van der Waals surface area (Å²) in [6, 6.07) is 9.35. The molecule has 0 radical (unpaired) electrons. The van der Waals surface area contributed by atoms with E-state index in [0.29, 0.717) is 28.2 Å². The summed E-state index contributed by atoms with van der Waals surface area (Å²) in [5.74, 6) is -2.76. The van der Waals surface area contributed by atoms with Crippen LogP contribution in [0.2, 0.25) is 0 Å². The van der Waals surface area contributed by atoms with E-state index in [4.69, 9.17) is 5.21 Å². The number of aromatic nitrogens is 2. The maximum Gasteiger partial charge on any atom is 0.438 e. The van der Waals surface area contributed by atoms with Crippen LogP contribution in [-0.4, -0.2) is 33.6 Å². The molecule has 0 aliphatic rings. The van der Waals surface area contributed by atoms with Gasteiger partial charge >= 0.3 is 6.09 Å². The van der Waals surface area contributed by atoms with Crippen LogP contribution in [0.15, 0.2) is 60.9 Å². The Bertz CT molecular complexity index is 1470. The lowest BCUT2D eigenvalue weighted by Crippen LogP contribution is -2.26. The van der Waals surface area contributed by atoms with Crippen molar-refractivity contribution >= 4 is 17.5 Å². The highest BCUT2D eigenvalue weighted by Crippen LogP contribution is 2.29. The number of hydrogen-bond acceptors (Lipinski definition) is 7. The molecule has 0 unspecified atom stereocenters. The van der Waals surface area contributed by atoms with Crippen molar-refractivity contribution in [3.63, 3.8) is 0 Å². The minimum Gasteiger partial charge on any atom is -0.451 e. The van der Waals surface area contributed by atoms with E-state index >= 15 is 0 Å². The predicted octanol–water partition coefficient (Wildman–Crippen LogP) is 6.43. The van der Waals surface area contributed by atoms with Gasteiger partial charge < -0.3 is 4.74 Å². The van der Waals surface area contributed by atoms with E-state index < -0.39 is 29.4 Å². The Balaban J connectivity index is 0.000000215. The predicted molar refractivity (Wildman–Crippen MR) is 131 cm³/mol. The van der Waals surface area contributed by atoms with Crippen molar-refractivity contribution in [1.29, 1.82) is 0 Å². The third-order valence-corrected chi connectivity index (χ3v) is 5.32. The van der Waals surface area contributed by atoms with Crippen LogP contribution in [0.1, 0.15) is 11.4 Å². The van der Waals surface area contributed by atoms with Crippen LogP contribution in [0.3, 0.4) is 0 Å². The summed E-state index contributed by atoms with van der Waals surface area (Å²) in [6.07, 6.45) is 1.64. The number of carbonyl (C=O) groups excluding carboxylic acids is 1. The molecule has 0 saturated carbocycles. The summed E-state index contributed by atoms with van der Waals surface area (Å²) >= 11 is 0. The number of hydroxylamine groups is 1. The van der Waals surface area contributed by atoms with E-state index in [1.165, 1.54) is 36.7 Å². The van der Waals surface area contributed by atoms with Crippen LogP contribution in [-0.2, 0) is 4.74 Å². The molecule has 198 valence electrons. The topological polar surface area (TPSA) is 108 Å². The second-order valence-electron chi connectivity index (χ2n) is 7.83. The zero-order valence-corrected chi connectivity index (χ0v) is 20.3. The lowest BCUT2D eigenvalue weighted by molar-refractivity contribution is 0.141. The molecule has 38 heavy (non-hydrogen) atoms. The van der Waals surface area contributed by atoms with Gasteiger partial charge in [0.2, 0.25) is 0 Å². The second kappa shape index (κ2) is 12.1. The zero-order valence-electron chi connectivity index (χ0n) is 20.3.